The smallest absolute Gasteiger partial charge is 0.0633 e. The minimum Gasteiger partial charge on any atom is -0.344 e. The van der Waals surface area contributed by atoms with Gasteiger partial charge in [0.1, 0.15) is 0 Å². The van der Waals surface area contributed by atoms with Gasteiger partial charge < -0.3 is 4.57 Å². The van der Waals surface area contributed by atoms with Crippen molar-refractivity contribution >= 4 is 21.8 Å². The van der Waals surface area contributed by atoms with Crippen LogP contribution < -0.4 is 0 Å². The second-order valence-corrected chi connectivity index (χ2v) is 8.16. The molecule has 0 unspecified atom stereocenters. The molecule has 0 saturated carbocycles. The lowest BCUT2D eigenvalue weighted by Crippen LogP contribution is -2.10. The van der Waals surface area contributed by atoms with E-state index in [1.54, 1.807) is 12.1 Å². The molecule has 0 aliphatic heterocycles. The SMILES string of the molecule is [2H]c1cc2c(c([2H])c1C(C)(C)C)c1c([2H])c(C(C)(C)C)c([2H])cc1n2C. The molecule has 1 aromatic heterocycles. The van der Waals surface area contributed by atoms with E-state index in [1.165, 1.54) is 0 Å². The molecular weight excluding hydrogens is 266 g/mol. The van der Waals surface area contributed by atoms with E-state index in [9.17, 15) is 0 Å². The summed E-state index contributed by atoms with van der Waals surface area (Å²) in [7, 11) is 1.88. The van der Waals surface area contributed by atoms with Crippen molar-refractivity contribution in [1.82, 2.24) is 4.57 Å². The molecule has 22 heavy (non-hydrogen) atoms. The van der Waals surface area contributed by atoms with Crippen LogP contribution in [-0.4, -0.2) is 4.57 Å². The summed E-state index contributed by atoms with van der Waals surface area (Å²) in [6.07, 6.45) is 0. The van der Waals surface area contributed by atoms with Crippen LogP contribution in [0.3, 0.4) is 0 Å². The number of hydrogen-bond acceptors (Lipinski definition) is 0. The summed E-state index contributed by atoms with van der Waals surface area (Å²) in [6, 6.07) is 4.97. The molecular formula is C21H27N. The van der Waals surface area contributed by atoms with Gasteiger partial charge >= 0.3 is 0 Å². The van der Waals surface area contributed by atoms with Crippen LogP contribution in [0.15, 0.2) is 36.3 Å². The minimum atomic E-state index is -0.324. The van der Waals surface area contributed by atoms with E-state index in [4.69, 9.17) is 5.48 Å². The molecule has 0 aliphatic carbocycles. The van der Waals surface area contributed by atoms with Crippen molar-refractivity contribution in [2.75, 3.05) is 0 Å². The normalized spacial score (nSPS) is 15.8. The fourth-order valence-corrected chi connectivity index (χ4v) is 2.72. The Morgan fingerprint density at radius 2 is 1.14 bits per heavy atom. The highest BCUT2D eigenvalue weighted by Gasteiger charge is 2.18. The molecule has 0 fully saturated rings. The van der Waals surface area contributed by atoms with Crippen molar-refractivity contribution in [2.45, 2.75) is 52.4 Å². The van der Waals surface area contributed by atoms with Gasteiger partial charge in [0.2, 0.25) is 0 Å². The van der Waals surface area contributed by atoms with Gasteiger partial charge in [-0.1, -0.05) is 53.6 Å². The monoisotopic (exact) mass is 297 g/mol. The highest BCUT2D eigenvalue weighted by Crippen LogP contribution is 2.35. The average Bonchev–Trinajstić information content (AvgIpc) is 2.70. The number of rotatable bonds is 0. The maximum atomic E-state index is 8.84. The van der Waals surface area contributed by atoms with Crippen LogP contribution in [0.4, 0.5) is 0 Å². The molecule has 0 radical (unpaired) electrons. The van der Waals surface area contributed by atoms with E-state index in [-0.39, 0.29) is 10.8 Å². The number of aromatic nitrogens is 1. The lowest BCUT2D eigenvalue weighted by Gasteiger charge is -2.19. The molecule has 3 rings (SSSR count). The Balaban J connectivity index is 2.64. The second kappa shape index (κ2) is 4.62. The molecule has 0 spiro atoms. The maximum Gasteiger partial charge on any atom is 0.0633 e. The third-order valence-electron chi connectivity index (χ3n) is 4.19. The lowest BCUT2D eigenvalue weighted by atomic mass is 9.85. The van der Waals surface area contributed by atoms with E-state index >= 15 is 0 Å². The van der Waals surface area contributed by atoms with Crippen LogP contribution in [0.5, 0.6) is 0 Å². The van der Waals surface area contributed by atoms with Crippen molar-refractivity contribution in [3.63, 3.8) is 0 Å². The van der Waals surface area contributed by atoms with Gasteiger partial charge in [-0.25, -0.2) is 0 Å². The van der Waals surface area contributed by atoms with Crippen molar-refractivity contribution in [1.29, 1.82) is 0 Å². The third kappa shape index (κ3) is 2.33. The molecule has 0 bridgehead atoms. The Kier molecular flexibility index (Phi) is 2.28. The summed E-state index contributed by atoms with van der Waals surface area (Å²) in [5, 5.41) is 1.44. The highest BCUT2D eigenvalue weighted by molar-refractivity contribution is 6.08. The predicted molar refractivity (Wildman–Crippen MR) is 97.8 cm³/mol. The van der Waals surface area contributed by atoms with Crippen molar-refractivity contribution < 1.29 is 5.48 Å². The van der Waals surface area contributed by atoms with E-state index in [0.717, 1.165) is 21.8 Å². The average molecular weight is 297 g/mol. The standard InChI is InChI=1S/C21H27N/c1-20(2,3)14-8-10-18-16(12-14)17-13-15(21(4,5)6)9-11-19(17)22(18)7/h8-13H,1-7H3/i8D,9D,12D,13D. The molecule has 0 aliphatic rings. The molecule has 0 N–H and O–H groups in total. The van der Waals surface area contributed by atoms with Crippen LogP contribution >= 0.6 is 0 Å². The maximum absolute atomic E-state index is 8.84. The van der Waals surface area contributed by atoms with Gasteiger partial charge in [0.05, 0.1) is 5.48 Å². The fourth-order valence-electron chi connectivity index (χ4n) is 2.72. The van der Waals surface area contributed by atoms with Crippen LogP contribution in [0, 0.1) is 0 Å². The number of nitrogens with zero attached hydrogens (tertiary/aromatic N) is 1. The van der Waals surface area contributed by atoms with Gasteiger partial charge in [-0.3, -0.25) is 0 Å². The van der Waals surface area contributed by atoms with Crippen LogP contribution in [0.1, 0.15) is 58.2 Å². The Bertz CT molecular complexity index is 963. The molecule has 2 aromatic carbocycles. The Hall–Kier alpha value is -1.76. The number of hydrogen-bond donors (Lipinski definition) is 0. The molecule has 0 atom stereocenters. The van der Waals surface area contributed by atoms with Gasteiger partial charge in [-0.05, 0) is 46.2 Å². The Morgan fingerprint density at radius 3 is 1.45 bits per heavy atom. The summed E-state index contributed by atoms with van der Waals surface area (Å²) in [5.74, 6) is 0. The van der Waals surface area contributed by atoms with Gasteiger partial charge in [0, 0.05) is 28.9 Å². The highest BCUT2D eigenvalue weighted by atomic mass is 14.9. The molecule has 1 nitrogen and oxygen atoms in total. The van der Waals surface area contributed by atoms with Crippen LogP contribution in [0.2, 0.25) is 0 Å². The molecule has 3 aromatic rings. The van der Waals surface area contributed by atoms with Gasteiger partial charge in [-0.2, -0.15) is 0 Å². The summed E-state index contributed by atoms with van der Waals surface area (Å²) >= 11 is 0. The summed E-state index contributed by atoms with van der Waals surface area (Å²) in [5.41, 5.74) is 2.31. The Labute approximate surface area is 139 Å². The molecule has 0 amide bonds. The van der Waals surface area contributed by atoms with Crippen molar-refractivity contribution in [3.8, 4) is 0 Å². The van der Waals surface area contributed by atoms with Crippen LogP contribution in [0.25, 0.3) is 21.8 Å². The quantitative estimate of drug-likeness (QED) is 0.485. The third-order valence-corrected chi connectivity index (χ3v) is 4.19. The molecule has 0 saturated heterocycles. The van der Waals surface area contributed by atoms with Gasteiger partial charge in [-0.15, -0.1) is 0 Å². The van der Waals surface area contributed by atoms with E-state index in [0.29, 0.717) is 35.3 Å². The van der Waals surface area contributed by atoms with Gasteiger partial charge in [0.25, 0.3) is 0 Å². The zero-order chi connectivity index (χ0) is 19.8. The minimum absolute atomic E-state index is 0.324. The summed E-state index contributed by atoms with van der Waals surface area (Å²) in [4.78, 5) is 0. The van der Waals surface area contributed by atoms with Crippen molar-refractivity contribution in [2.24, 2.45) is 7.05 Å². The van der Waals surface area contributed by atoms with Crippen LogP contribution in [-0.2, 0) is 17.9 Å². The Morgan fingerprint density at radius 1 is 0.773 bits per heavy atom. The topological polar surface area (TPSA) is 4.93 Å². The largest absolute Gasteiger partial charge is 0.344 e. The van der Waals surface area contributed by atoms with Crippen molar-refractivity contribution in [3.05, 3.63) is 47.4 Å². The second-order valence-electron chi connectivity index (χ2n) is 8.16. The number of fused-ring (bicyclic) bond motifs is 3. The lowest BCUT2D eigenvalue weighted by molar-refractivity contribution is 0.590. The molecule has 1 heteroatoms. The number of benzene rings is 2. The first-order chi connectivity index (χ1) is 11.8. The first-order valence-corrected chi connectivity index (χ1v) is 7.80. The van der Waals surface area contributed by atoms with Gasteiger partial charge in [0.15, 0.2) is 0 Å². The van der Waals surface area contributed by atoms with E-state index in [2.05, 4.69) is 0 Å². The van der Waals surface area contributed by atoms with E-state index in [1.807, 2.05) is 53.2 Å². The predicted octanol–water partition coefficient (Wildman–Crippen LogP) is 5.93. The number of aryl methyl sites for hydroxylation is 1. The fraction of sp³-hybridized carbons (Fsp3) is 0.429. The zero-order valence-corrected chi connectivity index (χ0v) is 14.6. The zero-order valence-electron chi connectivity index (χ0n) is 18.6. The summed E-state index contributed by atoms with van der Waals surface area (Å²) in [6.45, 7) is 12.1. The first kappa shape index (κ1) is 10.9. The van der Waals surface area contributed by atoms with E-state index < -0.39 is 0 Å². The molecule has 116 valence electrons. The first-order valence-electron chi connectivity index (χ1n) is 9.80. The molecule has 1 heterocycles. The summed E-state index contributed by atoms with van der Waals surface area (Å²) < 4.78 is 36.5.